The molecule has 2 bridgehead atoms. The van der Waals surface area contributed by atoms with Gasteiger partial charge in [-0.1, -0.05) is 34.6 Å². The molecule has 3 aliphatic carbocycles. The van der Waals surface area contributed by atoms with Gasteiger partial charge in [-0.25, -0.2) is 0 Å². The molecule has 4 nitrogen and oxygen atoms in total. The van der Waals surface area contributed by atoms with Crippen LogP contribution in [0.2, 0.25) is 0 Å². The van der Waals surface area contributed by atoms with E-state index < -0.39 is 5.41 Å². The van der Waals surface area contributed by atoms with Crippen LogP contribution in [-0.4, -0.2) is 25.2 Å². The molecule has 0 radical (unpaired) electrons. The number of esters is 2. The average molecular weight is 353 g/mol. The molecule has 3 atom stereocenters. The molecular formula is C21H36O4. The number of fused-ring (bicyclic) bond motifs is 2. The van der Waals surface area contributed by atoms with Gasteiger partial charge < -0.3 is 9.47 Å². The molecule has 0 N–H and O–H groups in total. The van der Waals surface area contributed by atoms with Crippen molar-refractivity contribution < 1.29 is 19.1 Å². The van der Waals surface area contributed by atoms with Crippen molar-refractivity contribution in [3.63, 3.8) is 0 Å². The number of carbonyl (C=O) groups excluding carboxylic acids is 2. The molecule has 3 rings (SSSR count). The fourth-order valence-electron chi connectivity index (χ4n) is 6.20. The van der Waals surface area contributed by atoms with Crippen LogP contribution < -0.4 is 0 Å². The van der Waals surface area contributed by atoms with Crippen LogP contribution in [0.25, 0.3) is 0 Å². The molecule has 3 saturated carbocycles. The van der Waals surface area contributed by atoms with Gasteiger partial charge in [-0.3, -0.25) is 9.59 Å². The quantitative estimate of drug-likeness (QED) is 0.496. The standard InChI is InChI=1S/C21H36O4/c1-8-24-17(22)20(12-14(3)4,18(23)25-9-2)21-13-16(19(21,6)7)11-10-15(21)5/h14-16H,8-13H2,1-7H3. The first kappa shape index (κ1) is 20.3. The Balaban J connectivity index is 2.67. The summed E-state index contributed by atoms with van der Waals surface area (Å²) in [5.74, 6) is 0.316. The van der Waals surface area contributed by atoms with E-state index in [1.54, 1.807) is 13.8 Å². The minimum Gasteiger partial charge on any atom is -0.465 e. The number of ether oxygens (including phenoxy) is 2. The number of hydrogen-bond donors (Lipinski definition) is 0. The highest BCUT2D eigenvalue weighted by Crippen LogP contribution is 2.77. The highest BCUT2D eigenvalue weighted by atomic mass is 16.6. The van der Waals surface area contributed by atoms with Crippen LogP contribution in [0.5, 0.6) is 0 Å². The lowest BCUT2D eigenvalue weighted by atomic mass is 9.29. The summed E-state index contributed by atoms with van der Waals surface area (Å²) in [4.78, 5) is 26.7. The summed E-state index contributed by atoms with van der Waals surface area (Å²) in [5.41, 5.74) is -1.65. The molecule has 0 heterocycles. The van der Waals surface area contributed by atoms with Crippen molar-refractivity contribution in [1.29, 1.82) is 0 Å². The van der Waals surface area contributed by atoms with Gasteiger partial charge in [0.05, 0.1) is 13.2 Å². The van der Waals surface area contributed by atoms with Gasteiger partial charge in [0.2, 0.25) is 0 Å². The van der Waals surface area contributed by atoms with E-state index in [9.17, 15) is 9.59 Å². The van der Waals surface area contributed by atoms with Crippen molar-refractivity contribution in [2.24, 2.45) is 34.0 Å². The second kappa shape index (κ2) is 6.92. The lowest BCUT2D eigenvalue weighted by Crippen LogP contribution is -2.73. The summed E-state index contributed by atoms with van der Waals surface area (Å²) in [6.45, 7) is 15.0. The number of hydrogen-bond acceptors (Lipinski definition) is 4. The molecule has 4 heteroatoms. The van der Waals surface area contributed by atoms with Gasteiger partial charge in [0.1, 0.15) is 0 Å². The highest BCUT2D eigenvalue weighted by molar-refractivity contribution is 6.01. The summed E-state index contributed by atoms with van der Waals surface area (Å²) >= 11 is 0. The third-order valence-corrected chi connectivity index (χ3v) is 7.25. The van der Waals surface area contributed by atoms with E-state index >= 15 is 0 Å². The molecule has 0 saturated heterocycles. The monoisotopic (exact) mass is 352 g/mol. The zero-order valence-electron chi connectivity index (χ0n) is 17.1. The fourth-order valence-corrected chi connectivity index (χ4v) is 6.20. The van der Waals surface area contributed by atoms with Gasteiger partial charge >= 0.3 is 11.9 Å². The first-order valence-electron chi connectivity index (χ1n) is 9.96. The van der Waals surface area contributed by atoms with Gasteiger partial charge in [-0.05, 0) is 62.7 Å². The first-order chi connectivity index (χ1) is 11.6. The fraction of sp³-hybridized carbons (Fsp3) is 0.905. The molecule has 0 aromatic heterocycles. The Morgan fingerprint density at radius 1 is 1.08 bits per heavy atom. The van der Waals surface area contributed by atoms with Crippen LogP contribution in [0.4, 0.5) is 0 Å². The molecule has 0 spiro atoms. The largest absolute Gasteiger partial charge is 0.465 e. The maximum absolute atomic E-state index is 13.4. The molecular weight excluding hydrogens is 316 g/mol. The van der Waals surface area contributed by atoms with Crippen LogP contribution in [0.1, 0.15) is 74.1 Å². The summed E-state index contributed by atoms with van der Waals surface area (Å²) in [6.07, 6.45) is 3.66. The predicted molar refractivity (Wildman–Crippen MR) is 97.9 cm³/mol. The Bertz CT molecular complexity index is 504. The van der Waals surface area contributed by atoms with Crippen LogP contribution in [0.3, 0.4) is 0 Å². The van der Waals surface area contributed by atoms with E-state index in [-0.39, 0.29) is 41.9 Å². The predicted octanol–water partition coefficient (Wildman–Crippen LogP) is 4.61. The molecule has 3 fully saturated rings. The molecule has 0 aromatic carbocycles. The van der Waals surface area contributed by atoms with Gasteiger partial charge in [0, 0.05) is 5.41 Å². The minimum atomic E-state index is -1.20. The Labute approximate surface area is 153 Å². The first-order valence-corrected chi connectivity index (χ1v) is 9.96. The van der Waals surface area contributed by atoms with Crippen molar-refractivity contribution in [2.45, 2.75) is 74.1 Å². The SMILES string of the molecule is CCOC(=O)C(CC(C)C)(C(=O)OCC)C12CC(CCC1C)C2(C)C. The second-order valence-corrected chi connectivity index (χ2v) is 9.02. The third kappa shape index (κ3) is 2.62. The Morgan fingerprint density at radius 3 is 1.96 bits per heavy atom. The Morgan fingerprint density at radius 2 is 1.60 bits per heavy atom. The average Bonchev–Trinajstić information content (AvgIpc) is 2.52. The van der Waals surface area contributed by atoms with Crippen LogP contribution >= 0.6 is 0 Å². The van der Waals surface area contributed by atoms with Crippen LogP contribution in [0, 0.1) is 34.0 Å². The second-order valence-electron chi connectivity index (χ2n) is 9.02. The lowest BCUT2D eigenvalue weighted by Gasteiger charge is -2.73. The molecule has 3 unspecified atom stereocenters. The van der Waals surface area contributed by atoms with E-state index in [2.05, 4.69) is 34.6 Å². The zero-order valence-corrected chi connectivity index (χ0v) is 17.1. The van der Waals surface area contributed by atoms with Crippen molar-refractivity contribution in [2.75, 3.05) is 13.2 Å². The van der Waals surface area contributed by atoms with Crippen molar-refractivity contribution in [3.05, 3.63) is 0 Å². The lowest BCUT2D eigenvalue weighted by molar-refractivity contribution is -0.270. The van der Waals surface area contributed by atoms with Crippen LogP contribution in [-0.2, 0) is 19.1 Å². The molecule has 3 aliphatic rings. The van der Waals surface area contributed by atoms with Crippen LogP contribution in [0.15, 0.2) is 0 Å². The molecule has 144 valence electrons. The maximum Gasteiger partial charge on any atom is 0.324 e. The molecule has 0 aliphatic heterocycles. The topological polar surface area (TPSA) is 52.6 Å². The zero-order chi connectivity index (χ0) is 19.0. The van der Waals surface area contributed by atoms with E-state index in [1.807, 2.05) is 0 Å². The van der Waals surface area contributed by atoms with E-state index in [0.717, 1.165) is 12.8 Å². The van der Waals surface area contributed by atoms with E-state index in [0.29, 0.717) is 18.3 Å². The highest BCUT2D eigenvalue weighted by Gasteiger charge is 2.77. The summed E-state index contributed by atoms with van der Waals surface area (Å²) in [7, 11) is 0. The number of carbonyl (C=O) groups is 2. The van der Waals surface area contributed by atoms with Crippen molar-refractivity contribution >= 4 is 11.9 Å². The Hall–Kier alpha value is -1.06. The smallest absolute Gasteiger partial charge is 0.324 e. The summed E-state index contributed by atoms with van der Waals surface area (Å²) < 4.78 is 11.0. The van der Waals surface area contributed by atoms with E-state index in [1.165, 1.54) is 6.42 Å². The molecule has 25 heavy (non-hydrogen) atoms. The van der Waals surface area contributed by atoms with Gasteiger partial charge in [-0.15, -0.1) is 0 Å². The van der Waals surface area contributed by atoms with Gasteiger partial charge in [0.25, 0.3) is 0 Å². The normalized spacial score (nSPS) is 30.6. The molecule has 0 aromatic rings. The van der Waals surface area contributed by atoms with Gasteiger partial charge in [0.15, 0.2) is 5.41 Å². The third-order valence-electron chi connectivity index (χ3n) is 7.25. The minimum absolute atomic E-state index is 0.0704. The summed E-state index contributed by atoms with van der Waals surface area (Å²) in [5, 5.41) is 0. The molecule has 0 amide bonds. The Kier molecular flexibility index (Phi) is 5.61. The van der Waals surface area contributed by atoms with Crippen molar-refractivity contribution in [3.8, 4) is 0 Å². The summed E-state index contributed by atoms with van der Waals surface area (Å²) in [6, 6.07) is 0. The van der Waals surface area contributed by atoms with Crippen molar-refractivity contribution in [1.82, 2.24) is 0 Å². The van der Waals surface area contributed by atoms with Gasteiger partial charge in [-0.2, -0.15) is 0 Å². The van der Waals surface area contributed by atoms with E-state index in [4.69, 9.17) is 9.47 Å². The maximum atomic E-state index is 13.4. The number of rotatable bonds is 7.